The molecule has 2 aliphatic rings. The number of allylic oxidation sites excluding steroid dienone is 2. The Morgan fingerprint density at radius 3 is 2.40 bits per heavy atom. The van der Waals surface area contributed by atoms with Gasteiger partial charge >= 0.3 is 7.12 Å². The minimum atomic E-state index is -1.77. The summed E-state index contributed by atoms with van der Waals surface area (Å²) in [7, 11) is -1.77. The van der Waals surface area contributed by atoms with Crippen LogP contribution in [0.1, 0.15) is 44.2 Å². The summed E-state index contributed by atoms with van der Waals surface area (Å²) in [6, 6.07) is 19.5. The number of benzene rings is 3. The van der Waals surface area contributed by atoms with Gasteiger partial charge in [-0.3, -0.25) is 14.5 Å². The van der Waals surface area contributed by atoms with Crippen LogP contribution >= 0.6 is 0 Å². The molecule has 0 unspecified atom stereocenters. The maximum Gasteiger partial charge on any atom is 0.488 e. The Balaban J connectivity index is 1.46. The van der Waals surface area contributed by atoms with Gasteiger partial charge in [-0.15, -0.1) is 0 Å². The second kappa shape index (κ2) is 13.5. The van der Waals surface area contributed by atoms with E-state index in [2.05, 4.69) is 0 Å². The Kier molecular flexibility index (Phi) is 9.69. The van der Waals surface area contributed by atoms with Gasteiger partial charge in [-0.2, -0.15) is 0 Å². The van der Waals surface area contributed by atoms with E-state index in [1.807, 2.05) is 44.2 Å². The molecule has 8 nitrogen and oxygen atoms in total. The summed E-state index contributed by atoms with van der Waals surface area (Å²) in [5.74, 6) is -4.58. The molecule has 234 valence electrons. The van der Waals surface area contributed by atoms with Gasteiger partial charge < -0.3 is 25.4 Å². The van der Waals surface area contributed by atoms with E-state index >= 15 is 0 Å². The number of aliphatic hydroxyl groups is 2. The third kappa shape index (κ3) is 6.51. The van der Waals surface area contributed by atoms with E-state index in [1.54, 1.807) is 18.2 Å². The molecular weight excluding hydrogens is 576 g/mol. The van der Waals surface area contributed by atoms with Gasteiger partial charge in [0, 0.05) is 5.92 Å². The van der Waals surface area contributed by atoms with Crippen LogP contribution in [0.4, 0.5) is 10.1 Å². The van der Waals surface area contributed by atoms with Crippen LogP contribution in [0.2, 0.25) is 0 Å². The number of nitrogens with zero attached hydrogens (tertiary/aromatic N) is 1. The minimum absolute atomic E-state index is 0.0708. The molecule has 2 amide bonds. The van der Waals surface area contributed by atoms with Crippen molar-refractivity contribution < 1.29 is 39.3 Å². The number of carbonyl (C=O) groups excluding carboxylic acids is 2. The maximum absolute atomic E-state index is 14.1. The number of hydrogen-bond donors (Lipinski definition) is 5. The third-order valence-corrected chi connectivity index (χ3v) is 8.94. The van der Waals surface area contributed by atoms with E-state index in [-0.39, 0.29) is 29.9 Å². The average Bonchev–Trinajstić information content (AvgIpc) is 3.29. The second-order valence-corrected chi connectivity index (χ2v) is 12.0. The van der Waals surface area contributed by atoms with Gasteiger partial charge in [-0.1, -0.05) is 74.0 Å². The quantitative estimate of drug-likeness (QED) is 0.102. The zero-order valence-electron chi connectivity index (χ0n) is 25.2. The van der Waals surface area contributed by atoms with Crippen molar-refractivity contribution in [3.8, 4) is 5.75 Å². The molecule has 5 rings (SSSR count). The number of amides is 2. The highest BCUT2D eigenvalue weighted by Crippen LogP contribution is 2.49. The number of fused-ring (bicyclic) bond motifs is 1. The van der Waals surface area contributed by atoms with Gasteiger partial charge in [-0.25, -0.2) is 4.39 Å². The first-order chi connectivity index (χ1) is 21.5. The van der Waals surface area contributed by atoms with Crippen molar-refractivity contribution in [3.05, 3.63) is 101 Å². The fourth-order valence-electron chi connectivity index (χ4n) is 6.74. The molecule has 1 fully saturated rings. The highest BCUT2D eigenvalue weighted by Gasteiger charge is 2.55. The molecule has 1 saturated heterocycles. The van der Waals surface area contributed by atoms with Crippen LogP contribution in [0, 0.1) is 29.5 Å². The van der Waals surface area contributed by atoms with Crippen molar-refractivity contribution in [2.45, 2.75) is 39.2 Å². The number of phenolic OH excluding ortho intramolecular Hbond substituents is 1. The molecule has 0 bridgehead atoms. The van der Waals surface area contributed by atoms with Crippen LogP contribution in [-0.4, -0.2) is 57.0 Å². The van der Waals surface area contributed by atoms with Gasteiger partial charge in [0.1, 0.15) is 0 Å². The zero-order chi connectivity index (χ0) is 32.4. The SMILES string of the molecule is CC(C)C1=C([C@H](O)CC/C(=C/c2ccc(O)c(F)c2)c2ccccc2)[C@H](CO)[C@@H]2C(=O)N(c3cccc(B(O)O)c3)C(=O)[C@@H]2C1. The fraction of sp³-hybridized carbons (Fsp3) is 0.314. The van der Waals surface area contributed by atoms with Crippen molar-refractivity contribution in [1.82, 2.24) is 0 Å². The molecule has 0 aromatic heterocycles. The summed E-state index contributed by atoms with van der Waals surface area (Å²) in [4.78, 5) is 28.6. The van der Waals surface area contributed by atoms with E-state index in [0.29, 0.717) is 17.6 Å². The van der Waals surface area contributed by atoms with E-state index in [0.717, 1.165) is 21.6 Å². The molecule has 5 N–H and O–H groups in total. The lowest BCUT2D eigenvalue weighted by Crippen LogP contribution is -2.40. The van der Waals surface area contributed by atoms with Gasteiger partial charge in [0.2, 0.25) is 11.8 Å². The molecule has 0 radical (unpaired) electrons. The molecule has 0 spiro atoms. The summed E-state index contributed by atoms with van der Waals surface area (Å²) in [6.45, 7) is 3.47. The number of phenols is 1. The standard InChI is InChI=1S/C35H37BFNO7/c1-20(2)26-18-27-33(35(43)38(34(27)42)25-10-6-9-24(17-25)36(44)45)28(19-39)32(26)31(41)14-12-23(22-7-4-3-5-8-22)15-21-11-13-30(40)29(37)16-21/h3-11,13,15-17,20,27-28,31,33,39-41,44-45H,12,14,18-19H2,1-2H3/b23-15-/t27-,28+,31-,33-/m1/s1. The smallest absolute Gasteiger partial charge is 0.488 e. The lowest BCUT2D eigenvalue weighted by Gasteiger charge is -2.38. The Morgan fingerprint density at radius 1 is 1.02 bits per heavy atom. The van der Waals surface area contributed by atoms with Crippen LogP contribution < -0.4 is 10.4 Å². The highest BCUT2D eigenvalue weighted by atomic mass is 19.1. The molecule has 3 aromatic rings. The highest BCUT2D eigenvalue weighted by molar-refractivity contribution is 6.58. The van der Waals surface area contributed by atoms with Crippen LogP contribution in [0.25, 0.3) is 11.6 Å². The van der Waals surface area contributed by atoms with E-state index in [9.17, 15) is 39.3 Å². The number of imide groups is 1. The average molecular weight is 613 g/mol. The van der Waals surface area contributed by atoms with Gasteiger partial charge in [0.05, 0.1) is 30.2 Å². The van der Waals surface area contributed by atoms with Crippen LogP contribution in [0.15, 0.2) is 83.9 Å². The molecule has 1 heterocycles. The Hall–Kier alpha value is -4.09. The number of rotatable bonds is 10. The topological polar surface area (TPSA) is 139 Å². The summed E-state index contributed by atoms with van der Waals surface area (Å²) in [5.41, 5.74) is 4.00. The number of carbonyl (C=O) groups is 2. The second-order valence-electron chi connectivity index (χ2n) is 12.0. The molecule has 1 aliphatic heterocycles. The summed E-state index contributed by atoms with van der Waals surface area (Å²) in [5, 5.41) is 51.3. The van der Waals surface area contributed by atoms with Crippen LogP contribution in [0.5, 0.6) is 5.75 Å². The lowest BCUT2D eigenvalue weighted by molar-refractivity contribution is -0.123. The van der Waals surface area contributed by atoms with Crippen molar-refractivity contribution in [2.75, 3.05) is 11.5 Å². The van der Waals surface area contributed by atoms with E-state index in [4.69, 9.17) is 0 Å². The largest absolute Gasteiger partial charge is 0.505 e. The lowest BCUT2D eigenvalue weighted by atomic mass is 9.66. The number of aromatic hydroxyl groups is 1. The van der Waals surface area contributed by atoms with Crippen molar-refractivity contribution in [1.29, 1.82) is 0 Å². The van der Waals surface area contributed by atoms with E-state index in [1.165, 1.54) is 30.3 Å². The van der Waals surface area contributed by atoms with Crippen molar-refractivity contribution >= 4 is 41.7 Å². The third-order valence-electron chi connectivity index (χ3n) is 8.94. The minimum Gasteiger partial charge on any atom is -0.505 e. The summed E-state index contributed by atoms with van der Waals surface area (Å²) >= 11 is 0. The molecule has 1 aliphatic carbocycles. The first-order valence-electron chi connectivity index (χ1n) is 15.1. The molecule has 0 saturated carbocycles. The summed E-state index contributed by atoms with van der Waals surface area (Å²) < 4.78 is 14.1. The number of halogens is 1. The van der Waals surface area contributed by atoms with Crippen molar-refractivity contribution in [3.63, 3.8) is 0 Å². The fourth-order valence-corrected chi connectivity index (χ4v) is 6.74. The molecular formula is C35H37BFNO7. The number of anilines is 1. The molecule has 45 heavy (non-hydrogen) atoms. The van der Waals surface area contributed by atoms with E-state index < -0.39 is 61.0 Å². The van der Waals surface area contributed by atoms with Gasteiger partial charge in [0.15, 0.2) is 11.6 Å². The van der Waals surface area contributed by atoms with Crippen molar-refractivity contribution in [2.24, 2.45) is 23.7 Å². The predicted molar refractivity (Wildman–Crippen MR) is 170 cm³/mol. The Labute approximate surface area is 261 Å². The number of hydrogen-bond acceptors (Lipinski definition) is 7. The predicted octanol–water partition coefficient (Wildman–Crippen LogP) is 3.66. The summed E-state index contributed by atoms with van der Waals surface area (Å²) in [6.07, 6.45) is 1.64. The normalized spacial score (nSPS) is 21.0. The monoisotopic (exact) mass is 613 g/mol. The van der Waals surface area contributed by atoms with Crippen LogP contribution in [-0.2, 0) is 9.59 Å². The van der Waals surface area contributed by atoms with Gasteiger partial charge in [-0.05, 0) is 77.2 Å². The van der Waals surface area contributed by atoms with Crippen LogP contribution in [0.3, 0.4) is 0 Å². The zero-order valence-corrected chi connectivity index (χ0v) is 25.2. The Bertz CT molecular complexity index is 1640. The molecule has 10 heteroatoms. The number of aliphatic hydroxyl groups excluding tert-OH is 2. The first-order valence-corrected chi connectivity index (χ1v) is 15.1. The van der Waals surface area contributed by atoms with Gasteiger partial charge in [0.25, 0.3) is 0 Å². The Morgan fingerprint density at radius 2 is 1.76 bits per heavy atom. The maximum atomic E-state index is 14.1. The molecule has 4 atom stereocenters. The first kappa shape index (κ1) is 32.3. The molecule has 3 aromatic carbocycles.